The number of carbonyl (C=O) groups is 1. The van der Waals surface area contributed by atoms with Gasteiger partial charge in [0.05, 0.1) is 6.42 Å². The van der Waals surface area contributed by atoms with Gasteiger partial charge in [-0.2, -0.15) is 0 Å². The molecule has 10 heteroatoms. The van der Waals surface area contributed by atoms with Crippen LogP contribution in [0.1, 0.15) is 28.4 Å². The van der Waals surface area contributed by atoms with Gasteiger partial charge in [-0.25, -0.2) is 0 Å². The Hall–Kier alpha value is -5.64. The fourth-order valence-corrected chi connectivity index (χ4v) is 4.62. The van der Waals surface area contributed by atoms with Crippen LogP contribution in [0.5, 0.6) is 46.0 Å². The van der Waals surface area contributed by atoms with Gasteiger partial charge < -0.3 is 39.4 Å². The van der Waals surface area contributed by atoms with Gasteiger partial charge in [-0.3, -0.25) is 9.59 Å². The molecule has 4 aromatic carbocycles. The molecular weight excluding hydrogens is 520 g/mol. The molecule has 1 aromatic heterocycles. The van der Waals surface area contributed by atoms with Crippen LogP contribution in [-0.2, 0) is 0 Å². The second-order valence-corrected chi connectivity index (χ2v) is 9.21. The van der Waals surface area contributed by atoms with Crippen molar-refractivity contribution in [3.63, 3.8) is 0 Å². The summed E-state index contributed by atoms with van der Waals surface area (Å²) >= 11 is 0. The van der Waals surface area contributed by atoms with E-state index in [0.717, 1.165) is 12.1 Å². The Morgan fingerprint density at radius 3 is 2.20 bits per heavy atom. The summed E-state index contributed by atoms with van der Waals surface area (Å²) < 4.78 is 17.6. The van der Waals surface area contributed by atoms with Gasteiger partial charge >= 0.3 is 0 Å². The highest BCUT2D eigenvalue weighted by molar-refractivity contribution is 6.04. The molecule has 0 saturated heterocycles. The van der Waals surface area contributed by atoms with E-state index in [-0.39, 0.29) is 57.5 Å². The van der Waals surface area contributed by atoms with Crippen molar-refractivity contribution in [2.45, 2.75) is 12.5 Å². The Morgan fingerprint density at radius 1 is 0.750 bits per heavy atom. The molecule has 0 fully saturated rings. The fraction of sp³-hybridized carbons (Fsp3) is 0.0667. The van der Waals surface area contributed by atoms with Crippen molar-refractivity contribution in [3.8, 4) is 57.3 Å². The Morgan fingerprint density at radius 2 is 1.48 bits per heavy atom. The first kappa shape index (κ1) is 24.7. The predicted octanol–water partition coefficient (Wildman–Crippen LogP) is 5.49. The van der Waals surface area contributed by atoms with Gasteiger partial charge in [-0.1, -0.05) is 12.1 Å². The summed E-state index contributed by atoms with van der Waals surface area (Å²) in [6.45, 7) is 0. The van der Waals surface area contributed by atoms with E-state index in [1.54, 1.807) is 24.3 Å². The van der Waals surface area contributed by atoms with E-state index in [2.05, 4.69) is 0 Å². The third-order valence-electron chi connectivity index (χ3n) is 6.52. The normalized spacial score (nSPS) is 14.5. The minimum absolute atomic E-state index is 0.00553. The fourth-order valence-electron chi connectivity index (χ4n) is 4.62. The maximum Gasteiger partial charge on any atom is 0.211 e. The number of phenols is 5. The molecule has 0 spiro atoms. The van der Waals surface area contributed by atoms with Gasteiger partial charge in [0.2, 0.25) is 5.75 Å². The number of ketones is 1. The highest BCUT2D eigenvalue weighted by Gasteiger charge is 2.35. The lowest BCUT2D eigenvalue weighted by atomic mass is 9.95. The van der Waals surface area contributed by atoms with Gasteiger partial charge in [0, 0.05) is 29.8 Å². The SMILES string of the molecule is O=C1CC(c2ccc(O)cc2)Oc2c(Oc3ccc(-c4cc(=O)c5c(O)cc(O)cc5o4)cc3)c(O)cc(O)c21. The first-order chi connectivity index (χ1) is 19.2. The Bertz CT molecular complexity index is 1850. The number of hydrogen-bond acceptors (Lipinski definition) is 10. The lowest BCUT2D eigenvalue weighted by molar-refractivity contribution is 0.0838. The third kappa shape index (κ3) is 4.27. The smallest absolute Gasteiger partial charge is 0.211 e. The largest absolute Gasteiger partial charge is 0.508 e. The standard InChI is InChI=1S/C30H20O10/c31-16-5-1-14(2-6-16)25-13-22(36)28-20(34)11-23(37)29(30(28)40-25)38-18-7-3-15(4-8-18)24-12-21(35)27-19(33)9-17(32)10-26(27)39-24/h1-12,25,31-34,37H,13H2. The van der Waals surface area contributed by atoms with E-state index < -0.39 is 34.6 Å². The average molecular weight is 540 g/mol. The molecule has 0 saturated carbocycles. The van der Waals surface area contributed by atoms with E-state index in [1.807, 2.05) is 0 Å². The summed E-state index contributed by atoms with van der Waals surface area (Å²) in [5.41, 5.74) is 0.466. The first-order valence-electron chi connectivity index (χ1n) is 12.0. The van der Waals surface area contributed by atoms with Crippen LogP contribution < -0.4 is 14.9 Å². The number of Topliss-reactive ketones (excluding diaryl/α,β-unsaturated/α-hetero) is 1. The van der Waals surface area contributed by atoms with Crippen molar-refractivity contribution in [3.05, 3.63) is 94.1 Å². The molecule has 1 unspecified atom stereocenters. The van der Waals surface area contributed by atoms with Crippen molar-refractivity contribution >= 4 is 16.8 Å². The van der Waals surface area contributed by atoms with Crippen LogP contribution in [0, 0.1) is 0 Å². The average Bonchev–Trinajstić information content (AvgIpc) is 2.90. The van der Waals surface area contributed by atoms with Crippen molar-refractivity contribution < 1.29 is 44.2 Å². The molecule has 5 N–H and O–H groups in total. The zero-order valence-electron chi connectivity index (χ0n) is 20.5. The van der Waals surface area contributed by atoms with Crippen molar-refractivity contribution in [1.29, 1.82) is 0 Å². The van der Waals surface area contributed by atoms with E-state index in [4.69, 9.17) is 13.9 Å². The number of fused-ring (bicyclic) bond motifs is 2. The number of ether oxygens (including phenoxy) is 2. The molecule has 0 amide bonds. The molecule has 40 heavy (non-hydrogen) atoms. The Kier molecular flexibility index (Phi) is 5.73. The lowest BCUT2D eigenvalue weighted by Gasteiger charge is -2.28. The molecule has 0 radical (unpaired) electrons. The number of hydrogen-bond donors (Lipinski definition) is 5. The maximum atomic E-state index is 12.9. The van der Waals surface area contributed by atoms with Crippen molar-refractivity contribution in [1.82, 2.24) is 0 Å². The molecule has 5 aromatic rings. The molecule has 0 aliphatic carbocycles. The number of carbonyl (C=O) groups excluding carboxylic acids is 1. The zero-order chi connectivity index (χ0) is 28.1. The minimum Gasteiger partial charge on any atom is -0.508 e. The molecule has 200 valence electrons. The molecular formula is C30H20O10. The molecule has 0 bridgehead atoms. The number of aromatic hydroxyl groups is 5. The summed E-state index contributed by atoms with van der Waals surface area (Å²) in [5, 5.41) is 50.2. The number of rotatable bonds is 4. The number of phenolic OH excluding ortho intramolecular Hbond substituents is 5. The van der Waals surface area contributed by atoms with Crippen LogP contribution in [0.3, 0.4) is 0 Å². The molecule has 2 heterocycles. The monoisotopic (exact) mass is 540 g/mol. The van der Waals surface area contributed by atoms with E-state index in [1.165, 1.54) is 36.4 Å². The van der Waals surface area contributed by atoms with E-state index in [9.17, 15) is 35.1 Å². The zero-order valence-corrected chi connectivity index (χ0v) is 20.5. The maximum absolute atomic E-state index is 12.9. The molecule has 6 rings (SSSR count). The van der Waals surface area contributed by atoms with Crippen LogP contribution >= 0.6 is 0 Å². The molecule has 1 aliphatic rings. The van der Waals surface area contributed by atoms with Gasteiger partial charge in [0.1, 0.15) is 57.1 Å². The van der Waals surface area contributed by atoms with Crippen LogP contribution in [0.15, 0.2) is 82.0 Å². The van der Waals surface area contributed by atoms with Crippen molar-refractivity contribution in [2.24, 2.45) is 0 Å². The van der Waals surface area contributed by atoms with Crippen LogP contribution in [0.2, 0.25) is 0 Å². The Balaban J connectivity index is 1.34. The van der Waals surface area contributed by atoms with Crippen LogP contribution in [-0.4, -0.2) is 31.3 Å². The van der Waals surface area contributed by atoms with Crippen molar-refractivity contribution in [2.75, 3.05) is 0 Å². The number of benzene rings is 4. The molecule has 10 nitrogen and oxygen atoms in total. The quantitative estimate of drug-likeness (QED) is 0.197. The van der Waals surface area contributed by atoms with Gasteiger partial charge in [-0.05, 0) is 42.0 Å². The summed E-state index contributed by atoms with van der Waals surface area (Å²) in [5.74, 6) is -1.85. The van der Waals surface area contributed by atoms with Crippen LogP contribution in [0.4, 0.5) is 0 Å². The molecule has 1 aliphatic heterocycles. The third-order valence-corrected chi connectivity index (χ3v) is 6.52. The second-order valence-electron chi connectivity index (χ2n) is 9.21. The summed E-state index contributed by atoms with van der Waals surface area (Å²) in [6, 6.07) is 16.8. The first-order valence-corrected chi connectivity index (χ1v) is 12.0. The summed E-state index contributed by atoms with van der Waals surface area (Å²) in [7, 11) is 0. The van der Waals surface area contributed by atoms with E-state index in [0.29, 0.717) is 11.1 Å². The molecule has 1 atom stereocenters. The highest BCUT2D eigenvalue weighted by Crippen LogP contribution is 2.51. The topological polar surface area (TPSA) is 167 Å². The van der Waals surface area contributed by atoms with Gasteiger partial charge in [0.15, 0.2) is 22.7 Å². The van der Waals surface area contributed by atoms with Gasteiger partial charge in [-0.15, -0.1) is 0 Å². The van der Waals surface area contributed by atoms with Gasteiger partial charge in [0.25, 0.3) is 0 Å². The lowest BCUT2D eigenvalue weighted by Crippen LogP contribution is -2.21. The minimum atomic E-state index is -0.749. The Labute approximate surface area is 225 Å². The summed E-state index contributed by atoms with van der Waals surface area (Å²) in [6.07, 6.45) is -0.822. The highest BCUT2D eigenvalue weighted by atomic mass is 16.5. The summed E-state index contributed by atoms with van der Waals surface area (Å²) in [4.78, 5) is 25.5. The van der Waals surface area contributed by atoms with E-state index >= 15 is 0 Å². The predicted molar refractivity (Wildman–Crippen MR) is 142 cm³/mol. The van der Waals surface area contributed by atoms with Crippen LogP contribution in [0.25, 0.3) is 22.3 Å². The second kappa shape index (κ2) is 9.28.